The highest BCUT2D eigenvalue weighted by Crippen LogP contribution is 2.28. The second-order valence-electron chi connectivity index (χ2n) is 7.60. The molecular weight excluding hydrogens is 448 g/mol. The summed E-state index contributed by atoms with van der Waals surface area (Å²) >= 11 is 0. The largest absolute Gasteiger partial charge is 0.383 e. The average molecular weight is 466 g/mol. The zero-order chi connectivity index (χ0) is 24.5. The average Bonchev–Trinajstić information content (AvgIpc) is 3.34. The van der Waals surface area contributed by atoms with Crippen LogP contribution in [0, 0.1) is 0 Å². The van der Waals surface area contributed by atoms with Crippen LogP contribution in [0.3, 0.4) is 0 Å². The third kappa shape index (κ3) is 4.09. The number of nitrogen functional groups attached to an aromatic ring is 2. The quantitative estimate of drug-likeness (QED) is 0.328. The van der Waals surface area contributed by atoms with E-state index in [-0.39, 0.29) is 17.4 Å². The number of hydrogen-bond donors (Lipinski definition) is 3. The van der Waals surface area contributed by atoms with Crippen molar-refractivity contribution in [1.82, 2.24) is 29.3 Å². The van der Waals surface area contributed by atoms with E-state index in [2.05, 4.69) is 20.2 Å². The Labute approximate surface area is 197 Å². The second-order valence-corrected chi connectivity index (χ2v) is 7.60. The fraction of sp³-hybridized carbons (Fsp3) is 0. The molecule has 0 bridgehead atoms. The number of carbonyl (C=O) groups excluding carboxylic acids is 1. The zero-order valence-corrected chi connectivity index (χ0v) is 18.1. The molecule has 3 heterocycles. The van der Waals surface area contributed by atoms with Crippen molar-refractivity contribution in [2.75, 3.05) is 11.5 Å². The molecule has 2 aromatic carbocycles. The van der Waals surface area contributed by atoms with E-state index in [0.29, 0.717) is 33.8 Å². The maximum Gasteiger partial charge on any atom is 0.354 e. The van der Waals surface area contributed by atoms with E-state index in [1.807, 2.05) is 6.07 Å². The summed E-state index contributed by atoms with van der Waals surface area (Å²) in [7, 11) is 0. The Balaban J connectivity index is 1.73. The zero-order valence-electron chi connectivity index (χ0n) is 18.1. The number of nitrogens with one attached hydrogen (secondary N) is 1. The molecule has 0 aliphatic heterocycles. The molecule has 3 aromatic heterocycles. The van der Waals surface area contributed by atoms with Gasteiger partial charge < -0.3 is 11.5 Å². The normalized spacial score (nSPS) is 10.9. The van der Waals surface area contributed by atoms with E-state index in [0.717, 1.165) is 0 Å². The minimum Gasteiger partial charge on any atom is -0.383 e. The van der Waals surface area contributed by atoms with Crippen LogP contribution in [0.15, 0.2) is 88.8 Å². The number of anilines is 2. The number of carbonyl (C=O) groups is 1. The summed E-state index contributed by atoms with van der Waals surface area (Å²) in [5.74, 6) is -0.0873. The first-order valence-corrected chi connectivity index (χ1v) is 10.4. The summed E-state index contributed by atoms with van der Waals surface area (Å²) in [4.78, 5) is 45.8. The summed E-state index contributed by atoms with van der Waals surface area (Å²) in [5, 5.41) is 6.93. The van der Waals surface area contributed by atoms with Crippen molar-refractivity contribution in [1.29, 1.82) is 0 Å². The van der Waals surface area contributed by atoms with E-state index in [1.165, 1.54) is 39.9 Å². The van der Waals surface area contributed by atoms with E-state index >= 15 is 0 Å². The number of aromatic nitrogens is 6. The van der Waals surface area contributed by atoms with Crippen molar-refractivity contribution in [2.24, 2.45) is 0 Å². The van der Waals surface area contributed by atoms with Gasteiger partial charge in [0.15, 0.2) is 5.78 Å². The third-order valence-electron chi connectivity index (χ3n) is 5.32. The molecule has 11 heteroatoms. The number of benzene rings is 2. The van der Waals surface area contributed by atoms with E-state index in [4.69, 9.17) is 11.5 Å². The van der Waals surface area contributed by atoms with Gasteiger partial charge in [0.05, 0.1) is 28.8 Å². The van der Waals surface area contributed by atoms with Gasteiger partial charge in [-0.15, -0.1) is 0 Å². The molecule has 0 radical (unpaired) electrons. The van der Waals surface area contributed by atoms with Crippen molar-refractivity contribution in [2.45, 2.75) is 0 Å². The van der Waals surface area contributed by atoms with Crippen LogP contribution in [0.1, 0.15) is 15.9 Å². The number of ketones is 1. The second kappa shape index (κ2) is 8.56. The molecular formula is C24H18N8O3. The molecule has 0 aliphatic carbocycles. The SMILES string of the molecule is Nc1ccn(-c2cc(-c3[nH]ncc3C(=O)c3ccccc3)cc(-n3ccc(N)nc3=O)c2)c(=O)n1. The first-order chi connectivity index (χ1) is 16.9. The summed E-state index contributed by atoms with van der Waals surface area (Å²) in [6, 6.07) is 16.7. The number of nitrogens with two attached hydrogens (primary N) is 2. The van der Waals surface area contributed by atoms with Crippen LogP contribution >= 0.6 is 0 Å². The fourth-order valence-electron chi connectivity index (χ4n) is 3.67. The van der Waals surface area contributed by atoms with Gasteiger partial charge in [-0.1, -0.05) is 30.3 Å². The molecule has 5 N–H and O–H groups in total. The first-order valence-electron chi connectivity index (χ1n) is 10.4. The number of rotatable bonds is 5. The minimum absolute atomic E-state index is 0.0749. The summed E-state index contributed by atoms with van der Waals surface area (Å²) < 4.78 is 2.54. The molecule has 0 fully saturated rings. The lowest BCUT2D eigenvalue weighted by atomic mass is 9.99. The van der Waals surface area contributed by atoms with Crippen molar-refractivity contribution in [3.05, 3.63) is 111 Å². The monoisotopic (exact) mass is 466 g/mol. The molecule has 0 atom stereocenters. The van der Waals surface area contributed by atoms with Gasteiger partial charge in [-0.2, -0.15) is 15.1 Å². The number of H-pyrrole nitrogens is 1. The molecule has 0 unspecified atom stereocenters. The van der Waals surface area contributed by atoms with Crippen molar-refractivity contribution >= 4 is 17.4 Å². The van der Waals surface area contributed by atoms with Crippen LogP contribution in [-0.4, -0.2) is 35.1 Å². The Morgan fingerprint density at radius 2 is 1.37 bits per heavy atom. The van der Waals surface area contributed by atoms with Crippen LogP contribution < -0.4 is 22.8 Å². The Bertz CT molecular complexity index is 1610. The van der Waals surface area contributed by atoms with Crippen LogP contribution in [0.2, 0.25) is 0 Å². The Morgan fingerprint density at radius 1 is 0.800 bits per heavy atom. The third-order valence-corrected chi connectivity index (χ3v) is 5.32. The summed E-state index contributed by atoms with van der Waals surface area (Å²) in [6.45, 7) is 0. The van der Waals surface area contributed by atoms with E-state index in [9.17, 15) is 14.4 Å². The number of aromatic amines is 1. The molecule has 0 aliphatic rings. The van der Waals surface area contributed by atoms with Crippen molar-refractivity contribution in [3.8, 4) is 22.6 Å². The molecule has 5 aromatic rings. The van der Waals surface area contributed by atoms with Crippen LogP contribution in [0.5, 0.6) is 0 Å². The van der Waals surface area contributed by atoms with E-state index < -0.39 is 11.4 Å². The number of hydrogen-bond acceptors (Lipinski definition) is 8. The first kappa shape index (κ1) is 21.5. The highest BCUT2D eigenvalue weighted by Gasteiger charge is 2.19. The summed E-state index contributed by atoms with van der Waals surface area (Å²) in [6.07, 6.45) is 4.38. The maximum absolute atomic E-state index is 13.2. The van der Waals surface area contributed by atoms with Gasteiger partial charge in [-0.3, -0.25) is 19.0 Å². The Morgan fingerprint density at radius 3 is 1.91 bits per heavy atom. The van der Waals surface area contributed by atoms with Crippen molar-refractivity contribution < 1.29 is 4.79 Å². The summed E-state index contributed by atoms with van der Waals surface area (Å²) in [5.41, 5.74) is 12.5. The standard InChI is InChI=1S/C24H18N8O3/c25-19-6-8-31(23(34)28-19)16-10-15(11-17(12-16)32-9-7-20(26)29-24(32)35)21-18(13-27-30-21)22(33)14-4-2-1-3-5-14/h1-13H,(H,27,30)(H2,25,28,34)(H2,26,29,35). The van der Waals surface area contributed by atoms with Crippen LogP contribution in [-0.2, 0) is 0 Å². The lowest BCUT2D eigenvalue weighted by Gasteiger charge is -2.13. The fourth-order valence-corrected chi connectivity index (χ4v) is 3.67. The molecule has 0 amide bonds. The number of nitrogens with zero attached hydrogens (tertiary/aromatic N) is 5. The highest BCUT2D eigenvalue weighted by molar-refractivity contribution is 6.12. The van der Waals surface area contributed by atoms with Gasteiger partial charge in [0.25, 0.3) is 0 Å². The molecule has 0 spiro atoms. The van der Waals surface area contributed by atoms with E-state index in [1.54, 1.807) is 42.5 Å². The molecule has 35 heavy (non-hydrogen) atoms. The molecule has 172 valence electrons. The lowest BCUT2D eigenvalue weighted by Crippen LogP contribution is -2.23. The van der Waals surface area contributed by atoms with Crippen LogP contribution in [0.4, 0.5) is 11.6 Å². The van der Waals surface area contributed by atoms with Gasteiger partial charge in [0, 0.05) is 23.5 Å². The van der Waals surface area contributed by atoms with Gasteiger partial charge >= 0.3 is 11.4 Å². The Kier molecular flexibility index (Phi) is 5.26. The highest BCUT2D eigenvalue weighted by atomic mass is 16.1. The molecule has 5 rings (SSSR count). The topological polar surface area (TPSA) is 168 Å². The van der Waals surface area contributed by atoms with Gasteiger partial charge in [-0.05, 0) is 30.3 Å². The van der Waals surface area contributed by atoms with Gasteiger partial charge in [-0.25, -0.2) is 9.59 Å². The predicted molar refractivity (Wildman–Crippen MR) is 130 cm³/mol. The smallest absolute Gasteiger partial charge is 0.354 e. The van der Waals surface area contributed by atoms with Gasteiger partial charge in [0.2, 0.25) is 0 Å². The van der Waals surface area contributed by atoms with Gasteiger partial charge in [0.1, 0.15) is 11.6 Å². The lowest BCUT2D eigenvalue weighted by molar-refractivity contribution is 0.103. The van der Waals surface area contributed by atoms with Crippen LogP contribution in [0.25, 0.3) is 22.6 Å². The minimum atomic E-state index is -0.610. The van der Waals surface area contributed by atoms with Crippen molar-refractivity contribution in [3.63, 3.8) is 0 Å². The Hall–Kier alpha value is -5.32. The molecule has 0 saturated carbocycles. The molecule has 0 saturated heterocycles. The maximum atomic E-state index is 13.2. The molecule has 11 nitrogen and oxygen atoms in total. The predicted octanol–water partition coefficient (Wildman–Crippen LogP) is 1.56.